The molecule has 1 aromatic carbocycles. The Morgan fingerprint density at radius 1 is 0.438 bits per heavy atom. The topological polar surface area (TPSA) is 241 Å². The summed E-state index contributed by atoms with van der Waals surface area (Å²) in [6.45, 7) is 19.9. The number of hydrogen-bond acceptors (Lipinski definition) is 21. The van der Waals surface area contributed by atoms with E-state index in [9.17, 15) is 14.4 Å². The van der Waals surface area contributed by atoms with Gasteiger partial charge in [-0.15, -0.1) is 0 Å². The molecule has 23 nitrogen and oxygen atoms in total. The minimum atomic E-state index is -1.01. The van der Waals surface area contributed by atoms with Gasteiger partial charge in [-0.2, -0.15) is 0 Å². The average molecular weight is 1060 g/mol. The Bertz CT molecular complexity index is 1370. The number of ether oxygens (including phenoxy) is 18. The van der Waals surface area contributed by atoms with Crippen molar-refractivity contribution in [3.05, 3.63) is 35.9 Å². The van der Waals surface area contributed by atoms with Crippen LogP contribution in [0.15, 0.2) is 30.3 Å². The summed E-state index contributed by atoms with van der Waals surface area (Å²) in [4.78, 5) is 37.6. The van der Waals surface area contributed by atoms with Crippen molar-refractivity contribution in [2.45, 2.75) is 51.9 Å². The zero-order valence-electron chi connectivity index (χ0n) is 44.3. The normalized spacial score (nSPS) is 12.0. The fourth-order valence-corrected chi connectivity index (χ4v) is 5.52. The van der Waals surface area contributed by atoms with Crippen molar-refractivity contribution in [3.63, 3.8) is 0 Å². The van der Waals surface area contributed by atoms with E-state index in [0.717, 1.165) is 5.56 Å². The second-order valence-corrected chi connectivity index (χ2v) is 16.4. The van der Waals surface area contributed by atoms with Gasteiger partial charge in [-0.25, -0.2) is 4.79 Å². The maximum Gasteiger partial charge on any atom is 0.408 e. The molecule has 0 aliphatic rings. The molecule has 0 unspecified atom stereocenters. The van der Waals surface area contributed by atoms with E-state index in [1.165, 1.54) is 0 Å². The first kappa shape index (κ1) is 67.8. The van der Waals surface area contributed by atoms with Crippen LogP contribution in [-0.4, -0.2) is 248 Å². The van der Waals surface area contributed by atoms with Gasteiger partial charge in [-0.05, 0) is 32.8 Å². The molecule has 23 heteroatoms. The molecule has 426 valence electrons. The molecule has 73 heavy (non-hydrogen) atoms. The summed E-state index contributed by atoms with van der Waals surface area (Å²) >= 11 is 0. The largest absolute Gasteiger partial charge is 0.460 e. The molecule has 0 aliphatic heterocycles. The molecular formula is C50H90N2O21. The first-order valence-electron chi connectivity index (χ1n) is 25.3. The molecule has 0 fully saturated rings. The van der Waals surface area contributed by atoms with E-state index in [1.54, 1.807) is 27.9 Å². The predicted octanol–water partition coefficient (Wildman–Crippen LogP) is 2.41. The van der Waals surface area contributed by atoms with Gasteiger partial charge in [0.15, 0.2) is 0 Å². The van der Waals surface area contributed by atoms with Crippen LogP contribution in [0, 0.1) is 0 Å². The number of carbonyl (C=O) groups is 3. The van der Waals surface area contributed by atoms with Gasteiger partial charge >= 0.3 is 12.1 Å². The second kappa shape index (κ2) is 52.2. The summed E-state index contributed by atoms with van der Waals surface area (Å²) in [5, 5.41) is 5.28. The van der Waals surface area contributed by atoms with E-state index in [4.69, 9.17) is 85.3 Å². The van der Waals surface area contributed by atoms with Crippen LogP contribution < -0.4 is 10.6 Å². The summed E-state index contributed by atoms with van der Waals surface area (Å²) < 4.78 is 97.8. The van der Waals surface area contributed by atoms with E-state index in [1.807, 2.05) is 30.3 Å². The third-order valence-corrected chi connectivity index (χ3v) is 9.06. The van der Waals surface area contributed by atoms with E-state index >= 15 is 0 Å². The van der Waals surface area contributed by atoms with Crippen LogP contribution in [0.3, 0.4) is 0 Å². The highest BCUT2D eigenvalue weighted by Crippen LogP contribution is 2.11. The first-order chi connectivity index (χ1) is 35.7. The zero-order valence-corrected chi connectivity index (χ0v) is 44.3. The summed E-state index contributed by atoms with van der Waals surface area (Å²) in [5.74, 6) is -0.947. The monoisotopic (exact) mass is 1050 g/mol. The van der Waals surface area contributed by atoms with E-state index in [-0.39, 0.29) is 32.6 Å². The minimum absolute atomic E-state index is 0.0339. The Morgan fingerprint density at radius 3 is 1.04 bits per heavy atom. The lowest BCUT2D eigenvalue weighted by Gasteiger charge is -2.21. The summed E-state index contributed by atoms with van der Waals surface area (Å²) in [7, 11) is 1.64. The number of amides is 2. The highest BCUT2D eigenvalue weighted by atomic mass is 16.6. The van der Waals surface area contributed by atoms with Gasteiger partial charge in [-0.1, -0.05) is 30.3 Å². The summed E-state index contributed by atoms with van der Waals surface area (Å²) in [5.41, 5.74) is 0.129. The maximum absolute atomic E-state index is 12.9. The zero-order chi connectivity index (χ0) is 52.8. The SMILES string of the molecule is COCCOCCOCCOCCOCCOCCOCCOCCOCCOCCOCCOCCOCCOCCOCCOCCNC(=O)[C@H](CCC(=O)OC(C)(C)C)NC(=O)OCc1ccccc1. The minimum Gasteiger partial charge on any atom is -0.460 e. The van der Waals surface area contributed by atoms with Crippen LogP contribution >= 0.6 is 0 Å². The molecule has 0 spiro atoms. The van der Waals surface area contributed by atoms with Crippen LogP contribution in [-0.2, 0) is 101 Å². The quantitative estimate of drug-likeness (QED) is 0.0703. The van der Waals surface area contributed by atoms with Crippen LogP contribution in [0.25, 0.3) is 0 Å². The molecule has 0 bridgehead atoms. The van der Waals surface area contributed by atoms with Crippen LogP contribution in [0.4, 0.5) is 4.79 Å². The maximum atomic E-state index is 12.9. The third-order valence-electron chi connectivity index (χ3n) is 9.06. The number of rotatable bonds is 55. The molecule has 2 amide bonds. The molecule has 1 atom stereocenters. The number of benzene rings is 1. The Hall–Kier alpha value is -3.21. The molecule has 2 N–H and O–H groups in total. The van der Waals surface area contributed by atoms with Crippen LogP contribution in [0.5, 0.6) is 0 Å². The lowest BCUT2D eigenvalue weighted by molar-refractivity contribution is -0.155. The van der Waals surface area contributed by atoms with Gasteiger partial charge in [0.1, 0.15) is 18.2 Å². The molecule has 0 radical (unpaired) electrons. The van der Waals surface area contributed by atoms with E-state index in [0.29, 0.717) is 198 Å². The number of carbonyl (C=O) groups excluding carboxylic acids is 3. The van der Waals surface area contributed by atoms with Crippen molar-refractivity contribution < 1.29 is 99.6 Å². The standard InChI is InChI=1S/C50H90N2O21/c1-50(2,3)73-47(53)11-10-46(52-49(55)72-44-45-8-6-5-7-9-45)48(54)51-12-13-57-16-17-59-20-21-61-24-25-63-28-29-65-32-33-67-36-37-69-40-41-71-43-42-70-39-38-68-35-34-66-31-30-64-27-26-62-23-22-60-19-18-58-15-14-56-4/h5-9,46H,10-44H2,1-4H3,(H,51,54)(H,52,55)/t46-/m0/s1. The van der Waals surface area contributed by atoms with Crippen molar-refractivity contribution in [1.29, 1.82) is 0 Å². The fraction of sp³-hybridized carbons (Fsp3) is 0.820. The van der Waals surface area contributed by atoms with Crippen molar-refractivity contribution in [2.24, 2.45) is 0 Å². The van der Waals surface area contributed by atoms with Gasteiger partial charge < -0.3 is 95.9 Å². The second-order valence-electron chi connectivity index (χ2n) is 16.4. The first-order valence-corrected chi connectivity index (χ1v) is 25.3. The van der Waals surface area contributed by atoms with Gasteiger partial charge in [0.25, 0.3) is 0 Å². The van der Waals surface area contributed by atoms with Gasteiger partial charge in [0.05, 0.1) is 205 Å². The Balaban J connectivity index is 1.79. The third kappa shape index (κ3) is 50.7. The van der Waals surface area contributed by atoms with Gasteiger partial charge in [-0.3, -0.25) is 9.59 Å². The smallest absolute Gasteiger partial charge is 0.408 e. The summed E-state index contributed by atoms with van der Waals surface area (Å²) in [6, 6.07) is 8.14. The number of hydrogen-bond donors (Lipinski definition) is 2. The molecular weight excluding hydrogens is 965 g/mol. The van der Waals surface area contributed by atoms with Crippen LogP contribution in [0.2, 0.25) is 0 Å². The van der Waals surface area contributed by atoms with Crippen molar-refractivity contribution in [2.75, 3.05) is 218 Å². The molecule has 0 heterocycles. The van der Waals surface area contributed by atoms with Crippen molar-refractivity contribution in [1.82, 2.24) is 10.6 Å². The molecule has 0 aromatic heterocycles. The fourth-order valence-electron chi connectivity index (χ4n) is 5.52. The van der Waals surface area contributed by atoms with E-state index < -0.39 is 29.6 Å². The average Bonchev–Trinajstić information content (AvgIpc) is 3.37. The predicted molar refractivity (Wildman–Crippen MR) is 266 cm³/mol. The molecule has 0 aliphatic carbocycles. The molecule has 0 saturated carbocycles. The molecule has 0 saturated heterocycles. The van der Waals surface area contributed by atoms with Crippen LogP contribution in [0.1, 0.15) is 39.2 Å². The number of esters is 1. The van der Waals surface area contributed by atoms with Crippen molar-refractivity contribution >= 4 is 18.0 Å². The number of alkyl carbamates (subject to hydrolysis) is 1. The highest BCUT2D eigenvalue weighted by Gasteiger charge is 2.24. The van der Waals surface area contributed by atoms with Crippen molar-refractivity contribution in [3.8, 4) is 0 Å². The van der Waals surface area contributed by atoms with E-state index in [2.05, 4.69) is 10.6 Å². The number of nitrogens with one attached hydrogen (secondary N) is 2. The lowest BCUT2D eigenvalue weighted by atomic mass is 10.1. The molecule has 1 aromatic rings. The Morgan fingerprint density at radius 2 is 0.740 bits per heavy atom. The Labute approximate surface area is 433 Å². The highest BCUT2D eigenvalue weighted by molar-refractivity contribution is 5.86. The Kier molecular flexibility index (Phi) is 48.5. The molecule has 1 rings (SSSR count). The lowest BCUT2D eigenvalue weighted by Crippen LogP contribution is -2.48. The number of methoxy groups -OCH3 is 1. The van der Waals surface area contributed by atoms with Gasteiger partial charge in [0, 0.05) is 20.1 Å². The summed E-state index contributed by atoms with van der Waals surface area (Å²) in [6.07, 6.45) is -0.806. The van der Waals surface area contributed by atoms with Gasteiger partial charge in [0.2, 0.25) is 5.91 Å².